The lowest BCUT2D eigenvalue weighted by molar-refractivity contribution is -0.113. The number of nitrogens with one attached hydrogen (secondary N) is 3. The third kappa shape index (κ3) is 6.41. The Labute approximate surface area is 212 Å². The van der Waals surface area contributed by atoms with Gasteiger partial charge in [0.2, 0.25) is 5.91 Å². The van der Waals surface area contributed by atoms with Crippen LogP contribution in [0.2, 0.25) is 0 Å². The molecule has 4 atom stereocenters. The number of sulfone groups is 1. The van der Waals surface area contributed by atoms with E-state index in [9.17, 15) is 13.2 Å². The number of anilines is 2. The molecule has 10 heteroatoms. The molecular weight excluding hydrogens is 478 g/mol. The molecule has 3 aliphatic rings. The molecule has 0 bridgehead atoms. The normalized spacial score (nSPS) is 26.5. The Balaban J connectivity index is 1.16. The predicted molar refractivity (Wildman–Crippen MR) is 139 cm³/mol. The molecule has 1 amide bonds. The molecule has 5 rings (SSSR count). The van der Waals surface area contributed by atoms with Crippen LogP contribution in [0.5, 0.6) is 0 Å². The average molecular weight is 514 g/mol. The molecule has 2 aliphatic heterocycles. The summed E-state index contributed by atoms with van der Waals surface area (Å²) in [5.41, 5.74) is 2.00. The van der Waals surface area contributed by atoms with E-state index in [1.807, 2.05) is 18.2 Å². The lowest BCUT2D eigenvalue weighted by Gasteiger charge is -2.27. The Bertz CT molecular complexity index is 1170. The number of carbonyl (C=O) groups is 1. The van der Waals surface area contributed by atoms with Crippen LogP contribution in [0.1, 0.15) is 32.1 Å². The molecule has 0 radical (unpaired) electrons. The highest BCUT2D eigenvalue weighted by Crippen LogP contribution is 2.41. The van der Waals surface area contributed by atoms with E-state index >= 15 is 0 Å². The number of hydrogen-bond donors (Lipinski definition) is 3. The van der Waals surface area contributed by atoms with E-state index in [2.05, 4.69) is 26.1 Å². The molecule has 1 aromatic heterocycles. The van der Waals surface area contributed by atoms with E-state index in [1.165, 1.54) is 19.3 Å². The van der Waals surface area contributed by atoms with Gasteiger partial charge in [-0.2, -0.15) is 0 Å². The van der Waals surface area contributed by atoms with Gasteiger partial charge in [0, 0.05) is 42.8 Å². The van der Waals surface area contributed by atoms with Crippen molar-refractivity contribution in [2.24, 2.45) is 17.8 Å². The van der Waals surface area contributed by atoms with Crippen molar-refractivity contribution in [2.75, 3.05) is 42.4 Å². The van der Waals surface area contributed by atoms with Gasteiger partial charge in [-0.15, -0.1) is 10.2 Å². The van der Waals surface area contributed by atoms with Crippen LogP contribution in [0.3, 0.4) is 0 Å². The van der Waals surface area contributed by atoms with Crippen molar-refractivity contribution in [1.29, 1.82) is 0 Å². The average Bonchev–Trinajstić information content (AvgIpc) is 3.40. The third-order valence-corrected chi connectivity index (χ3v) is 8.48. The number of ether oxygens (including phenoxy) is 1. The van der Waals surface area contributed by atoms with Crippen molar-refractivity contribution < 1.29 is 17.9 Å². The number of fused-ring (bicyclic) bond motifs is 1. The number of amides is 1. The highest BCUT2D eigenvalue weighted by molar-refractivity contribution is 7.91. The zero-order chi connectivity index (χ0) is 25.1. The van der Waals surface area contributed by atoms with Gasteiger partial charge in [-0.3, -0.25) is 4.79 Å². The number of rotatable bonds is 8. The first kappa shape index (κ1) is 25.1. The molecule has 194 valence electrons. The SMILES string of the molecule is CS(=O)(=O)CC(=O)Nc1cccc(-c2ccc(N[C@H]3C[C@@H]4CN[C@@H](CC5CCOCC5)[C@H]4C3)nn2)c1. The first-order valence-electron chi connectivity index (χ1n) is 12.8. The van der Waals surface area contributed by atoms with Gasteiger partial charge in [0.1, 0.15) is 11.6 Å². The van der Waals surface area contributed by atoms with Crippen LogP contribution in [0.4, 0.5) is 11.5 Å². The van der Waals surface area contributed by atoms with Crippen LogP contribution >= 0.6 is 0 Å². The molecular formula is C26H35N5O4S. The molecule has 3 heterocycles. The molecule has 2 aromatic rings. The summed E-state index contributed by atoms with van der Waals surface area (Å²) in [6.45, 7) is 2.93. The molecule has 9 nitrogen and oxygen atoms in total. The fourth-order valence-corrected chi connectivity index (χ4v) is 6.57. The Kier molecular flexibility index (Phi) is 7.55. The molecule has 0 unspecified atom stereocenters. The van der Waals surface area contributed by atoms with Crippen LogP contribution in [-0.4, -0.2) is 68.4 Å². The summed E-state index contributed by atoms with van der Waals surface area (Å²) >= 11 is 0. The van der Waals surface area contributed by atoms with Crippen molar-refractivity contribution in [2.45, 2.75) is 44.2 Å². The Morgan fingerprint density at radius 2 is 1.97 bits per heavy atom. The standard InChI is InChI=1S/C26H35N5O4S/c1-36(33,34)16-26(32)29-20-4-2-3-18(12-20)23-5-6-25(31-30-23)28-21-13-19-15-27-24(22(19)14-21)11-17-7-9-35-10-8-17/h2-6,12,17,19,21-22,24,27H,7-11,13-16H2,1H3,(H,28,31)(H,29,32)/t19-,21+,22+,24+/m1/s1. The van der Waals surface area contributed by atoms with Gasteiger partial charge >= 0.3 is 0 Å². The summed E-state index contributed by atoms with van der Waals surface area (Å²) in [6, 6.07) is 12.0. The van der Waals surface area contributed by atoms with E-state index in [1.54, 1.807) is 18.2 Å². The molecule has 2 saturated heterocycles. The van der Waals surface area contributed by atoms with Gasteiger partial charge in [-0.25, -0.2) is 8.42 Å². The van der Waals surface area contributed by atoms with E-state index < -0.39 is 21.5 Å². The van der Waals surface area contributed by atoms with Crippen molar-refractivity contribution >= 4 is 27.2 Å². The number of aromatic nitrogens is 2. The van der Waals surface area contributed by atoms with E-state index in [4.69, 9.17) is 4.74 Å². The number of benzene rings is 1. The zero-order valence-corrected chi connectivity index (χ0v) is 21.5. The zero-order valence-electron chi connectivity index (χ0n) is 20.7. The minimum atomic E-state index is -3.39. The summed E-state index contributed by atoms with van der Waals surface area (Å²) in [7, 11) is -3.39. The smallest absolute Gasteiger partial charge is 0.239 e. The van der Waals surface area contributed by atoms with Crippen molar-refractivity contribution in [3.05, 3.63) is 36.4 Å². The second-order valence-electron chi connectivity index (χ2n) is 10.5. The second-order valence-corrected chi connectivity index (χ2v) is 12.7. The maximum absolute atomic E-state index is 11.9. The summed E-state index contributed by atoms with van der Waals surface area (Å²) < 4.78 is 28.2. The summed E-state index contributed by atoms with van der Waals surface area (Å²) in [5, 5.41) is 18.8. The first-order valence-corrected chi connectivity index (χ1v) is 14.9. The third-order valence-electron chi connectivity index (χ3n) is 7.69. The Morgan fingerprint density at radius 1 is 1.14 bits per heavy atom. The fraction of sp³-hybridized carbons (Fsp3) is 0.577. The van der Waals surface area contributed by atoms with E-state index in [-0.39, 0.29) is 0 Å². The topological polar surface area (TPSA) is 122 Å². The van der Waals surface area contributed by atoms with Crippen LogP contribution in [0.25, 0.3) is 11.3 Å². The van der Waals surface area contributed by atoms with Gasteiger partial charge in [0.15, 0.2) is 9.84 Å². The lowest BCUT2D eigenvalue weighted by Crippen LogP contribution is -2.33. The van der Waals surface area contributed by atoms with Gasteiger partial charge in [-0.05, 0) is 80.7 Å². The van der Waals surface area contributed by atoms with E-state index in [0.717, 1.165) is 68.0 Å². The fourth-order valence-electron chi connectivity index (χ4n) is 6.02. The summed E-state index contributed by atoms with van der Waals surface area (Å²) in [4.78, 5) is 11.9. The molecule has 36 heavy (non-hydrogen) atoms. The predicted octanol–water partition coefficient (Wildman–Crippen LogP) is 2.72. The van der Waals surface area contributed by atoms with Crippen molar-refractivity contribution in [3.63, 3.8) is 0 Å². The summed E-state index contributed by atoms with van der Waals surface area (Å²) in [5.74, 6) is 1.89. The van der Waals surface area contributed by atoms with Gasteiger partial charge in [0.25, 0.3) is 0 Å². The van der Waals surface area contributed by atoms with Crippen LogP contribution in [-0.2, 0) is 19.4 Å². The number of nitrogens with zero attached hydrogens (tertiary/aromatic N) is 2. The Hall–Kier alpha value is -2.56. The quantitative estimate of drug-likeness (QED) is 0.493. The van der Waals surface area contributed by atoms with Gasteiger partial charge in [-0.1, -0.05) is 12.1 Å². The number of carbonyl (C=O) groups excluding carboxylic acids is 1. The lowest BCUT2D eigenvalue weighted by atomic mass is 9.85. The van der Waals surface area contributed by atoms with Crippen molar-refractivity contribution in [3.8, 4) is 11.3 Å². The maximum atomic E-state index is 11.9. The van der Waals surface area contributed by atoms with Gasteiger partial charge in [0.05, 0.1) is 5.69 Å². The van der Waals surface area contributed by atoms with Crippen LogP contribution < -0.4 is 16.0 Å². The highest BCUT2D eigenvalue weighted by Gasteiger charge is 2.43. The Morgan fingerprint density at radius 3 is 2.72 bits per heavy atom. The highest BCUT2D eigenvalue weighted by atomic mass is 32.2. The minimum Gasteiger partial charge on any atom is -0.381 e. The monoisotopic (exact) mass is 513 g/mol. The largest absolute Gasteiger partial charge is 0.381 e. The second kappa shape index (κ2) is 10.8. The molecule has 0 spiro atoms. The molecule has 1 aromatic carbocycles. The van der Waals surface area contributed by atoms with Crippen molar-refractivity contribution in [1.82, 2.24) is 15.5 Å². The number of hydrogen-bond acceptors (Lipinski definition) is 8. The molecule has 3 fully saturated rings. The molecule has 1 aliphatic carbocycles. The molecule has 3 N–H and O–H groups in total. The maximum Gasteiger partial charge on any atom is 0.239 e. The van der Waals surface area contributed by atoms with Gasteiger partial charge < -0.3 is 20.7 Å². The molecule has 1 saturated carbocycles. The van der Waals surface area contributed by atoms with E-state index in [0.29, 0.717) is 23.5 Å². The summed E-state index contributed by atoms with van der Waals surface area (Å²) in [6.07, 6.45) is 6.99. The van der Waals surface area contributed by atoms with Crippen LogP contribution in [0, 0.1) is 17.8 Å². The van der Waals surface area contributed by atoms with Crippen LogP contribution in [0.15, 0.2) is 36.4 Å². The minimum absolute atomic E-state index is 0.410. The first-order chi connectivity index (χ1) is 17.3.